The van der Waals surface area contributed by atoms with E-state index < -0.39 is 0 Å². The maximum Gasteiger partial charge on any atom is 0.254 e. The van der Waals surface area contributed by atoms with Gasteiger partial charge in [-0.3, -0.25) is 4.79 Å². The number of rotatable bonds is 0. The van der Waals surface area contributed by atoms with E-state index in [1.54, 1.807) is 0 Å². The van der Waals surface area contributed by atoms with Crippen molar-refractivity contribution in [2.45, 2.75) is 37.3 Å². The van der Waals surface area contributed by atoms with Crippen LogP contribution in [-0.4, -0.2) is 29.6 Å². The highest BCUT2D eigenvalue weighted by atomic mass is 16.5. The smallest absolute Gasteiger partial charge is 0.254 e. The van der Waals surface area contributed by atoms with Crippen LogP contribution >= 0.6 is 0 Å². The Morgan fingerprint density at radius 1 is 1.37 bits per heavy atom. The number of fused-ring (bicyclic) bond motifs is 3. The molecule has 1 spiro atoms. The van der Waals surface area contributed by atoms with Crippen molar-refractivity contribution in [3.63, 3.8) is 0 Å². The number of piperidine rings is 1. The summed E-state index contributed by atoms with van der Waals surface area (Å²) in [5, 5.41) is 0. The van der Waals surface area contributed by atoms with E-state index in [1.807, 2.05) is 23.1 Å². The molecule has 4 heteroatoms. The number of nitrogens with zero attached hydrogens (tertiary/aromatic N) is 1. The molecule has 1 aromatic carbocycles. The van der Waals surface area contributed by atoms with Crippen molar-refractivity contribution in [2.24, 2.45) is 0 Å². The molecule has 0 bridgehead atoms. The minimum atomic E-state index is -0.00859. The van der Waals surface area contributed by atoms with Crippen LogP contribution in [0.2, 0.25) is 0 Å². The maximum atomic E-state index is 12.4. The lowest BCUT2D eigenvalue weighted by Gasteiger charge is -2.41. The van der Waals surface area contributed by atoms with Crippen molar-refractivity contribution in [3.8, 4) is 0 Å². The van der Waals surface area contributed by atoms with E-state index in [0.29, 0.717) is 0 Å². The van der Waals surface area contributed by atoms with Crippen LogP contribution in [0, 0.1) is 0 Å². The number of amides is 1. The van der Waals surface area contributed by atoms with E-state index in [1.165, 1.54) is 0 Å². The van der Waals surface area contributed by atoms with E-state index in [9.17, 15) is 4.79 Å². The molecule has 2 unspecified atom stereocenters. The summed E-state index contributed by atoms with van der Waals surface area (Å²) in [6.45, 7) is 1.65. The Morgan fingerprint density at radius 3 is 3.05 bits per heavy atom. The summed E-state index contributed by atoms with van der Waals surface area (Å²) in [4.78, 5) is 14.4. The molecule has 0 aromatic heterocycles. The van der Waals surface area contributed by atoms with Gasteiger partial charge in [0.05, 0.1) is 11.6 Å². The Kier molecular flexibility index (Phi) is 2.22. The van der Waals surface area contributed by atoms with Crippen molar-refractivity contribution >= 4 is 11.6 Å². The molecule has 2 fully saturated rings. The minimum Gasteiger partial charge on any atom is -0.398 e. The first kappa shape index (κ1) is 11.3. The molecule has 2 saturated heterocycles. The monoisotopic (exact) mass is 258 g/mol. The molecule has 2 atom stereocenters. The largest absolute Gasteiger partial charge is 0.398 e. The first-order valence-electron chi connectivity index (χ1n) is 7.04. The molecule has 100 valence electrons. The highest BCUT2D eigenvalue weighted by Crippen LogP contribution is 2.49. The third-order valence-corrected chi connectivity index (χ3v) is 4.90. The van der Waals surface area contributed by atoms with Gasteiger partial charge in [-0.05, 0) is 31.4 Å². The first-order valence-corrected chi connectivity index (χ1v) is 7.04. The lowest BCUT2D eigenvalue weighted by Crippen LogP contribution is -2.45. The van der Waals surface area contributed by atoms with Crippen LogP contribution in [0.4, 0.5) is 5.69 Å². The summed E-state index contributed by atoms with van der Waals surface area (Å²) < 4.78 is 6.00. The second-order valence-electron chi connectivity index (χ2n) is 5.91. The first-order chi connectivity index (χ1) is 9.20. The Morgan fingerprint density at radius 2 is 2.26 bits per heavy atom. The number of carbonyl (C=O) groups is 1. The lowest BCUT2D eigenvalue weighted by molar-refractivity contribution is -0.0549. The quantitative estimate of drug-likeness (QED) is 0.725. The van der Waals surface area contributed by atoms with Gasteiger partial charge in [0.15, 0.2) is 0 Å². The molecule has 19 heavy (non-hydrogen) atoms. The molecular formula is C15H18N2O2. The summed E-state index contributed by atoms with van der Waals surface area (Å²) >= 11 is 0. The van der Waals surface area contributed by atoms with Crippen LogP contribution in [-0.2, 0) is 4.74 Å². The molecule has 3 aliphatic rings. The van der Waals surface area contributed by atoms with Crippen LogP contribution in [0.15, 0.2) is 18.2 Å². The second-order valence-corrected chi connectivity index (χ2v) is 5.91. The van der Waals surface area contributed by atoms with Crippen molar-refractivity contribution in [3.05, 3.63) is 29.3 Å². The fraction of sp³-hybridized carbons (Fsp3) is 0.533. The van der Waals surface area contributed by atoms with Gasteiger partial charge < -0.3 is 15.4 Å². The molecule has 0 radical (unpaired) electrons. The van der Waals surface area contributed by atoms with Gasteiger partial charge in [0.1, 0.15) is 0 Å². The third-order valence-electron chi connectivity index (χ3n) is 4.90. The zero-order valence-electron chi connectivity index (χ0n) is 10.9. The van der Waals surface area contributed by atoms with Gasteiger partial charge in [0, 0.05) is 36.4 Å². The van der Waals surface area contributed by atoms with E-state index in [2.05, 4.69) is 0 Å². The number of hydrogen-bond acceptors (Lipinski definition) is 3. The van der Waals surface area contributed by atoms with E-state index >= 15 is 0 Å². The van der Waals surface area contributed by atoms with Crippen LogP contribution in [0.3, 0.4) is 0 Å². The molecule has 2 N–H and O–H groups in total. The Hall–Kier alpha value is -1.55. The SMILES string of the molecule is Nc1cccc2c1C1CC3(CCCO3)CCN1C2=O. The molecular weight excluding hydrogens is 240 g/mol. The number of nitrogen functional groups attached to an aromatic ring is 1. The molecule has 1 amide bonds. The number of anilines is 1. The number of nitrogens with two attached hydrogens (primary N) is 1. The zero-order chi connectivity index (χ0) is 13.0. The number of carbonyl (C=O) groups excluding carboxylic acids is 1. The Labute approximate surface area is 112 Å². The molecule has 1 aromatic rings. The van der Waals surface area contributed by atoms with Gasteiger partial charge in [-0.15, -0.1) is 0 Å². The molecule has 3 heterocycles. The van der Waals surface area contributed by atoms with Crippen LogP contribution < -0.4 is 5.73 Å². The molecule has 3 aliphatic heterocycles. The van der Waals surface area contributed by atoms with E-state index in [0.717, 1.165) is 55.6 Å². The summed E-state index contributed by atoms with van der Waals surface area (Å²) in [7, 11) is 0. The van der Waals surface area contributed by atoms with Crippen molar-refractivity contribution in [2.75, 3.05) is 18.9 Å². The highest BCUT2D eigenvalue weighted by molar-refractivity contribution is 6.01. The van der Waals surface area contributed by atoms with Gasteiger partial charge in [0.2, 0.25) is 0 Å². The van der Waals surface area contributed by atoms with Gasteiger partial charge in [-0.25, -0.2) is 0 Å². The Bertz CT molecular complexity index is 549. The highest BCUT2D eigenvalue weighted by Gasteiger charge is 2.49. The number of benzene rings is 1. The predicted octanol–water partition coefficient (Wildman–Crippen LogP) is 2.11. The average Bonchev–Trinajstić information content (AvgIpc) is 2.96. The van der Waals surface area contributed by atoms with Gasteiger partial charge >= 0.3 is 0 Å². The molecule has 4 rings (SSSR count). The van der Waals surface area contributed by atoms with Crippen LogP contribution in [0.5, 0.6) is 0 Å². The molecule has 4 nitrogen and oxygen atoms in total. The number of hydrogen-bond donors (Lipinski definition) is 1. The van der Waals surface area contributed by atoms with Crippen LogP contribution in [0.25, 0.3) is 0 Å². The van der Waals surface area contributed by atoms with Gasteiger partial charge in [-0.1, -0.05) is 6.07 Å². The summed E-state index contributed by atoms with van der Waals surface area (Å²) in [5.74, 6) is 0.139. The topological polar surface area (TPSA) is 55.6 Å². The maximum absolute atomic E-state index is 12.4. The van der Waals surface area contributed by atoms with Gasteiger partial charge in [-0.2, -0.15) is 0 Å². The third kappa shape index (κ3) is 1.46. The fourth-order valence-electron chi connectivity index (χ4n) is 3.96. The average molecular weight is 258 g/mol. The van der Waals surface area contributed by atoms with Crippen molar-refractivity contribution in [1.82, 2.24) is 4.90 Å². The van der Waals surface area contributed by atoms with Crippen molar-refractivity contribution in [1.29, 1.82) is 0 Å². The van der Waals surface area contributed by atoms with E-state index in [-0.39, 0.29) is 17.6 Å². The Balaban J connectivity index is 1.77. The second kappa shape index (κ2) is 3.73. The zero-order valence-corrected chi connectivity index (χ0v) is 10.9. The summed E-state index contributed by atoms with van der Waals surface area (Å²) in [6.07, 6.45) is 4.12. The van der Waals surface area contributed by atoms with E-state index in [4.69, 9.17) is 10.5 Å². The van der Waals surface area contributed by atoms with Crippen molar-refractivity contribution < 1.29 is 9.53 Å². The normalized spacial score (nSPS) is 32.7. The summed E-state index contributed by atoms with van der Waals surface area (Å²) in [6, 6.07) is 5.78. The van der Waals surface area contributed by atoms with Crippen LogP contribution in [0.1, 0.15) is 47.6 Å². The lowest BCUT2D eigenvalue weighted by atomic mass is 9.82. The predicted molar refractivity (Wildman–Crippen MR) is 71.8 cm³/mol. The minimum absolute atomic E-state index is 0.00859. The molecule has 0 saturated carbocycles. The fourth-order valence-corrected chi connectivity index (χ4v) is 3.96. The standard InChI is InChI=1S/C15H18N2O2/c16-11-4-1-3-10-13(11)12-9-15(5-2-8-19-15)6-7-17(12)14(10)18/h1,3-4,12H,2,5-9,16H2. The van der Waals surface area contributed by atoms with Gasteiger partial charge in [0.25, 0.3) is 5.91 Å². The number of ether oxygens (including phenoxy) is 1. The molecule has 0 aliphatic carbocycles. The summed E-state index contributed by atoms with van der Waals surface area (Å²) in [5.41, 5.74) is 8.67.